The molecule has 2 aromatic carbocycles. The average Bonchev–Trinajstić information content (AvgIpc) is 3.09. The van der Waals surface area contributed by atoms with Crippen LogP contribution in [0.25, 0.3) is 10.9 Å². The Labute approximate surface area is 209 Å². The van der Waals surface area contributed by atoms with Gasteiger partial charge in [-0.25, -0.2) is 4.98 Å². The second-order valence-electron chi connectivity index (χ2n) is 8.42. The van der Waals surface area contributed by atoms with Gasteiger partial charge in [0.05, 0.1) is 12.6 Å². The van der Waals surface area contributed by atoms with E-state index in [0.29, 0.717) is 35.2 Å². The molecule has 0 radical (unpaired) electrons. The van der Waals surface area contributed by atoms with Gasteiger partial charge < -0.3 is 19.7 Å². The molecule has 1 aromatic heterocycles. The number of benzene rings is 2. The number of hydrogen-bond acceptors (Lipinski definition) is 5. The minimum Gasteiger partial charge on any atom is -0.493 e. The van der Waals surface area contributed by atoms with Gasteiger partial charge in [-0.3, -0.25) is 9.59 Å². The smallest absolute Gasteiger partial charge is 0.273 e. The molecule has 182 valence electrons. The number of fused-ring (bicyclic) bond motifs is 1. The van der Waals surface area contributed by atoms with Gasteiger partial charge in [-0.2, -0.15) is 0 Å². The zero-order valence-electron chi connectivity index (χ0n) is 19.6. The van der Waals surface area contributed by atoms with Crippen LogP contribution in [0.2, 0.25) is 0 Å². The molecule has 7 nitrogen and oxygen atoms in total. The normalized spacial score (nSPS) is 15.7. The predicted octanol–water partition coefficient (Wildman–Crippen LogP) is 4.69. The molecule has 1 N–H and O–H groups in total. The van der Waals surface area contributed by atoms with Crippen molar-refractivity contribution in [2.45, 2.75) is 31.8 Å². The second kappa shape index (κ2) is 11.2. The molecular weight excluding hydrogens is 466 g/mol. The van der Waals surface area contributed by atoms with Crippen molar-refractivity contribution in [2.24, 2.45) is 0 Å². The number of amides is 2. The van der Waals surface area contributed by atoms with Crippen LogP contribution in [0.15, 0.2) is 66.2 Å². The summed E-state index contributed by atoms with van der Waals surface area (Å²) >= 11 is 5.87. The molecule has 0 unspecified atom stereocenters. The number of pyridine rings is 1. The SMILES string of the molecule is C=C(Cl)COc1cc(CN(C(=O)c2ccc3ccccc3n2)[C@H]2CCCCNC2=O)ccc1OC. The number of methoxy groups -OCH3 is 1. The maximum atomic E-state index is 13.8. The first kappa shape index (κ1) is 24.5. The van der Waals surface area contributed by atoms with Gasteiger partial charge in [0.1, 0.15) is 18.3 Å². The third kappa shape index (κ3) is 5.92. The molecule has 0 spiro atoms. The number of nitrogens with zero attached hydrogens (tertiary/aromatic N) is 2. The van der Waals surface area contributed by atoms with Crippen molar-refractivity contribution in [3.05, 3.63) is 77.5 Å². The fourth-order valence-electron chi connectivity index (χ4n) is 4.16. The van der Waals surface area contributed by atoms with E-state index < -0.39 is 6.04 Å². The monoisotopic (exact) mass is 493 g/mol. The Morgan fingerprint density at radius 3 is 2.80 bits per heavy atom. The van der Waals surface area contributed by atoms with Gasteiger partial charge in [-0.15, -0.1) is 0 Å². The van der Waals surface area contributed by atoms with E-state index in [1.54, 1.807) is 30.2 Å². The molecule has 1 aliphatic heterocycles. The quantitative estimate of drug-likeness (QED) is 0.492. The molecule has 0 bridgehead atoms. The number of aromatic nitrogens is 1. The van der Waals surface area contributed by atoms with E-state index in [2.05, 4.69) is 16.9 Å². The third-order valence-corrected chi connectivity index (χ3v) is 6.04. The van der Waals surface area contributed by atoms with Gasteiger partial charge >= 0.3 is 0 Å². The van der Waals surface area contributed by atoms with Crippen LogP contribution >= 0.6 is 11.6 Å². The van der Waals surface area contributed by atoms with E-state index >= 15 is 0 Å². The Morgan fingerprint density at radius 1 is 1.17 bits per heavy atom. The number of hydrogen-bond donors (Lipinski definition) is 1. The molecular formula is C27H28ClN3O4. The highest BCUT2D eigenvalue weighted by Gasteiger charge is 2.32. The highest BCUT2D eigenvalue weighted by Crippen LogP contribution is 2.30. The summed E-state index contributed by atoms with van der Waals surface area (Å²) in [5, 5.41) is 4.24. The van der Waals surface area contributed by atoms with Gasteiger partial charge in [-0.1, -0.05) is 48.5 Å². The summed E-state index contributed by atoms with van der Waals surface area (Å²) in [6.07, 6.45) is 2.30. The summed E-state index contributed by atoms with van der Waals surface area (Å²) in [5.41, 5.74) is 1.81. The van der Waals surface area contributed by atoms with Gasteiger partial charge in [-0.05, 0) is 49.1 Å². The summed E-state index contributed by atoms with van der Waals surface area (Å²) in [6, 6.07) is 16.0. The van der Waals surface area contributed by atoms with Crippen molar-refractivity contribution in [3.63, 3.8) is 0 Å². The number of ether oxygens (including phenoxy) is 2. The summed E-state index contributed by atoms with van der Waals surface area (Å²) in [4.78, 5) is 32.9. The van der Waals surface area contributed by atoms with Crippen LogP contribution in [0.3, 0.4) is 0 Å². The Bertz CT molecular complexity index is 1250. The average molecular weight is 494 g/mol. The maximum absolute atomic E-state index is 13.8. The van der Waals surface area contributed by atoms with Crippen molar-refractivity contribution < 1.29 is 19.1 Å². The Morgan fingerprint density at radius 2 is 2.00 bits per heavy atom. The van der Waals surface area contributed by atoms with E-state index in [9.17, 15) is 9.59 Å². The summed E-state index contributed by atoms with van der Waals surface area (Å²) in [6.45, 7) is 4.58. The number of rotatable bonds is 8. The van der Waals surface area contributed by atoms with Crippen LogP contribution < -0.4 is 14.8 Å². The van der Waals surface area contributed by atoms with Crippen molar-refractivity contribution in [3.8, 4) is 11.5 Å². The molecule has 2 heterocycles. The molecule has 35 heavy (non-hydrogen) atoms. The van der Waals surface area contributed by atoms with Crippen LogP contribution in [-0.4, -0.2) is 48.0 Å². The third-order valence-electron chi connectivity index (χ3n) is 5.93. The van der Waals surface area contributed by atoms with Crippen molar-refractivity contribution >= 4 is 34.3 Å². The van der Waals surface area contributed by atoms with Crippen LogP contribution in [0.5, 0.6) is 11.5 Å². The summed E-state index contributed by atoms with van der Waals surface area (Å²) in [7, 11) is 1.55. The van der Waals surface area contributed by atoms with Gasteiger partial charge in [0.2, 0.25) is 5.91 Å². The Kier molecular flexibility index (Phi) is 7.87. The summed E-state index contributed by atoms with van der Waals surface area (Å²) in [5.74, 6) is 0.562. The van der Waals surface area contributed by atoms with E-state index in [1.165, 1.54) is 0 Å². The second-order valence-corrected chi connectivity index (χ2v) is 8.95. The van der Waals surface area contributed by atoms with E-state index in [4.69, 9.17) is 21.1 Å². The lowest BCUT2D eigenvalue weighted by atomic mass is 10.1. The molecule has 1 aliphatic rings. The zero-order valence-corrected chi connectivity index (χ0v) is 20.4. The highest BCUT2D eigenvalue weighted by molar-refractivity contribution is 6.29. The number of para-hydroxylation sites is 1. The van der Waals surface area contributed by atoms with E-state index in [1.807, 2.05) is 36.4 Å². The molecule has 1 fully saturated rings. The first-order valence-electron chi connectivity index (χ1n) is 11.5. The van der Waals surface area contributed by atoms with E-state index in [0.717, 1.165) is 29.3 Å². The van der Waals surface area contributed by atoms with Crippen LogP contribution in [0.4, 0.5) is 0 Å². The molecule has 4 rings (SSSR count). The maximum Gasteiger partial charge on any atom is 0.273 e. The molecule has 1 saturated heterocycles. The molecule has 8 heteroatoms. The van der Waals surface area contributed by atoms with Gasteiger partial charge in [0.25, 0.3) is 5.91 Å². The number of carbonyl (C=O) groups excluding carboxylic acids is 2. The molecule has 2 amide bonds. The predicted molar refractivity (Wildman–Crippen MR) is 136 cm³/mol. The standard InChI is InChI=1S/C27H28ClN3O4/c1-18(28)17-35-25-15-19(10-13-24(25)34-2)16-31(23-9-5-6-14-29-26(23)32)27(33)22-12-11-20-7-3-4-8-21(20)30-22/h3-4,7-8,10-13,15,23H,1,5-6,9,14,16-17H2,2H3,(H,29,32)/t23-/m0/s1. The van der Waals surface area contributed by atoms with Crippen molar-refractivity contribution in [1.29, 1.82) is 0 Å². The Hall–Kier alpha value is -3.58. The fraction of sp³-hybridized carbons (Fsp3) is 0.296. The molecule has 3 aromatic rings. The lowest BCUT2D eigenvalue weighted by molar-refractivity contribution is -0.125. The number of nitrogens with one attached hydrogen (secondary N) is 1. The highest BCUT2D eigenvalue weighted by atomic mass is 35.5. The minimum absolute atomic E-state index is 0.121. The summed E-state index contributed by atoms with van der Waals surface area (Å²) < 4.78 is 11.1. The van der Waals surface area contributed by atoms with Gasteiger partial charge in [0.15, 0.2) is 11.5 Å². The topological polar surface area (TPSA) is 80.8 Å². The van der Waals surface area contributed by atoms with Crippen molar-refractivity contribution in [2.75, 3.05) is 20.3 Å². The largest absolute Gasteiger partial charge is 0.493 e. The van der Waals surface area contributed by atoms with Crippen molar-refractivity contribution in [1.82, 2.24) is 15.2 Å². The molecule has 0 aliphatic carbocycles. The minimum atomic E-state index is -0.604. The first-order chi connectivity index (χ1) is 17.0. The van der Waals surface area contributed by atoms with Crippen LogP contribution in [0, 0.1) is 0 Å². The van der Waals surface area contributed by atoms with Crippen LogP contribution in [0.1, 0.15) is 35.3 Å². The lowest BCUT2D eigenvalue weighted by Crippen LogP contribution is -2.48. The zero-order chi connectivity index (χ0) is 24.8. The first-order valence-corrected chi connectivity index (χ1v) is 11.9. The van der Waals surface area contributed by atoms with Gasteiger partial charge in [0, 0.05) is 23.5 Å². The molecule has 1 atom stereocenters. The van der Waals surface area contributed by atoms with Crippen LogP contribution in [-0.2, 0) is 11.3 Å². The number of carbonyl (C=O) groups is 2. The van der Waals surface area contributed by atoms with E-state index in [-0.39, 0.29) is 25.0 Å². The lowest BCUT2D eigenvalue weighted by Gasteiger charge is -2.30. The fourth-order valence-corrected chi connectivity index (χ4v) is 4.22. The Balaban J connectivity index is 1.69. The number of halogens is 1. The molecule has 0 saturated carbocycles.